The summed E-state index contributed by atoms with van der Waals surface area (Å²) in [5.74, 6) is 2.38. The van der Waals surface area contributed by atoms with Crippen LogP contribution in [0, 0.1) is 0 Å². The number of rotatable bonds is 6. The van der Waals surface area contributed by atoms with Gasteiger partial charge >= 0.3 is 0 Å². The lowest BCUT2D eigenvalue weighted by molar-refractivity contribution is -0.120. The third-order valence-corrected chi connectivity index (χ3v) is 5.35. The largest absolute Gasteiger partial charge is 0.486 e. The molecule has 0 spiro atoms. The van der Waals surface area contributed by atoms with Gasteiger partial charge in [-0.2, -0.15) is 0 Å². The Kier molecular flexibility index (Phi) is 5.87. The van der Waals surface area contributed by atoms with Crippen molar-refractivity contribution in [2.24, 2.45) is 0 Å². The summed E-state index contributed by atoms with van der Waals surface area (Å²) in [4.78, 5) is 12.4. The van der Waals surface area contributed by atoms with Crippen molar-refractivity contribution in [3.63, 3.8) is 0 Å². The number of fused-ring (bicyclic) bond motifs is 1. The predicted octanol–water partition coefficient (Wildman–Crippen LogP) is 3.96. The standard InChI is InChI=1S/C20H23NO3S/c1-14(17-8-9-18-19(12-17)24-11-10-23-18)21-20(22)15(2)25-13-16-6-4-3-5-7-16/h3-9,12,14-15H,10-11,13H2,1-2H3,(H,21,22)/t14-,15-/m1/s1. The van der Waals surface area contributed by atoms with Crippen LogP contribution < -0.4 is 14.8 Å². The van der Waals surface area contributed by atoms with E-state index in [1.54, 1.807) is 11.8 Å². The summed E-state index contributed by atoms with van der Waals surface area (Å²) < 4.78 is 11.1. The first-order chi connectivity index (χ1) is 12.1. The number of amides is 1. The van der Waals surface area contributed by atoms with Crippen molar-refractivity contribution >= 4 is 17.7 Å². The molecule has 0 aromatic heterocycles. The summed E-state index contributed by atoms with van der Waals surface area (Å²) in [7, 11) is 0. The molecule has 3 rings (SSSR count). The van der Waals surface area contributed by atoms with E-state index in [2.05, 4.69) is 17.4 Å². The molecule has 0 unspecified atom stereocenters. The highest BCUT2D eigenvalue weighted by Gasteiger charge is 2.19. The quantitative estimate of drug-likeness (QED) is 0.850. The van der Waals surface area contributed by atoms with Gasteiger partial charge in [0.2, 0.25) is 5.91 Å². The predicted molar refractivity (Wildman–Crippen MR) is 101 cm³/mol. The van der Waals surface area contributed by atoms with Crippen molar-refractivity contribution in [2.45, 2.75) is 30.9 Å². The molecule has 2 aromatic carbocycles. The molecule has 0 aliphatic carbocycles. The second kappa shape index (κ2) is 8.30. The Hall–Kier alpha value is -2.14. The van der Waals surface area contributed by atoms with Crippen molar-refractivity contribution in [2.75, 3.05) is 13.2 Å². The second-order valence-electron chi connectivity index (χ2n) is 6.07. The summed E-state index contributed by atoms with van der Waals surface area (Å²) in [6.45, 7) is 5.07. The lowest BCUT2D eigenvalue weighted by Crippen LogP contribution is -2.33. The number of thioether (sulfide) groups is 1. The minimum atomic E-state index is -0.111. The van der Waals surface area contributed by atoms with Crippen LogP contribution in [-0.2, 0) is 10.5 Å². The van der Waals surface area contributed by atoms with Crippen LogP contribution in [0.4, 0.5) is 0 Å². The van der Waals surface area contributed by atoms with Crippen molar-refractivity contribution in [3.8, 4) is 11.5 Å². The fraction of sp³-hybridized carbons (Fsp3) is 0.350. The molecule has 0 bridgehead atoms. The zero-order chi connectivity index (χ0) is 17.6. The highest BCUT2D eigenvalue weighted by atomic mass is 32.2. The minimum absolute atomic E-state index is 0.0447. The van der Waals surface area contributed by atoms with E-state index >= 15 is 0 Å². The van der Waals surface area contributed by atoms with Gasteiger partial charge in [-0.3, -0.25) is 4.79 Å². The first-order valence-electron chi connectivity index (χ1n) is 8.49. The Bertz CT molecular complexity index is 720. The van der Waals surface area contributed by atoms with E-state index in [1.165, 1.54) is 5.56 Å². The van der Waals surface area contributed by atoms with Gasteiger partial charge in [-0.05, 0) is 37.1 Å². The first-order valence-corrected chi connectivity index (χ1v) is 9.54. The van der Waals surface area contributed by atoms with Crippen molar-refractivity contribution in [1.82, 2.24) is 5.32 Å². The Labute approximate surface area is 152 Å². The number of hydrogen-bond acceptors (Lipinski definition) is 4. The molecule has 25 heavy (non-hydrogen) atoms. The SMILES string of the molecule is C[C@@H](SCc1ccccc1)C(=O)N[C@H](C)c1ccc2c(c1)OCCO2. The number of carbonyl (C=O) groups excluding carboxylic acids is 1. The molecule has 4 nitrogen and oxygen atoms in total. The van der Waals surface area contributed by atoms with Crippen molar-refractivity contribution in [3.05, 3.63) is 59.7 Å². The third kappa shape index (κ3) is 4.69. The summed E-state index contributed by atoms with van der Waals surface area (Å²) >= 11 is 1.64. The molecule has 1 N–H and O–H groups in total. The summed E-state index contributed by atoms with van der Waals surface area (Å²) in [6, 6.07) is 15.9. The van der Waals surface area contributed by atoms with Gasteiger partial charge in [-0.25, -0.2) is 0 Å². The van der Waals surface area contributed by atoms with Gasteiger partial charge in [-0.15, -0.1) is 11.8 Å². The zero-order valence-corrected chi connectivity index (χ0v) is 15.3. The van der Waals surface area contributed by atoms with Gasteiger partial charge in [0.25, 0.3) is 0 Å². The maximum atomic E-state index is 12.4. The van der Waals surface area contributed by atoms with Crippen LogP contribution in [0.2, 0.25) is 0 Å². The van der Waals surface area contributed by atoms with Crippen molar-refractivity contribution in [1.29, 1.82) is 0 Å². The van der Waals surface area contributed by atoms with Crippen LogP contribution in [0.5, 0.6) is 11.5 Å². The maximum Gasteiger partial charge on any atom is 0.233 e. The fourth-order valence-corrected chi connectivity index (χ4v) is 3.47. The van der Waals surface area contributed by atoms with Gasteiger partial charge in [0.15, 0.2) is 11.5 Å². The topological polar surface area (TPSA) is 47.6 Å². The van der Waals surface area contributed by atoms with Crippen LogP contribution in [0.1, 0.15) is 31.0 Å². The van der Waals surface area contributed by atoms with Crippen LogP contribution >= 0.6 is 11.8 Å². The van der Waals surface area contributed by atoms with Gasteiger partial charge in [-0.1, -0.05) is 36.4 Å². The summed E-state index contributed by atoms with van der Waals surface area (Å²) in [5, 5.41) is 2.97. The van der Waals surface area contributed by atoms with Crippen LogP contribution in [0.15, 0.2) is 48.5 Å². The normalized spacial score (nSPS) is 15.3. The molecule has 0 saturated carbocycles. The maximum absolute atomic E-state index is 12.4. The first kappa shape index (κ1) is 17.7. The van der Waals surface area contributed by atoms with E-state index < -0.39 is 0 Å². The molecule has 2 atom stereocenters. The Morgan fingerprint density at radius 3 is 2.56 bits per heavy atom. The molecule has 0 radical (unpaired) electrons. The minimum Gasteiger partial charge on any atom is -0.486 e. The van der Waals surface area contributed by atoms with E-state index in [-0.39, 0.29) is 17.2 Å². The van der Waals surface area contributed by atoms with Gasteiger partial charge in [0.1, 0.15) is 13.2 Å². The third-order valence-electron chi connectivity index (χ3n) is 4.14. The van der Waals surface area contributed by atoms with Gasteiger partial charge in [0, 0.05) is 5.75 Å². The molecule has 1 heterocycles. The number of nitrogens with one attached hydrogen (secondary N) is 1. The molecular formula is C20H23NO3S. The molecule has 5 heteroatoms. The van der Waals surface area contributed by atoms with E-state index in [9.17, 15) is 4.79 Å². The molecular weight excluding hydrogens is 334 g/mol. The molecule has 0 fully saturated rings. The number of ether oxygens (including phenoxy) is 2. The molecule has 1 amide bonds. The monoisotopic (exact) mass is 357 g/mol. The second-order valence-corrected chi connectivity index (χ2v) is 7.40. The zero-order valence-electron chi connectivity index (χ0n) is 14.5. The number of carbonyl (C=O) groups is 1. The van der Waals surface area contributed by atoms with Crippen LogP contribution in [0.25, 0.3) is 0 Å². The average molecular weight is 357 g/mol. The van der Waals surface area contributed by atoms with Crippen LogP contribution in [-0.4, -0.2) is 24.4 Å². The Morgan fingerprint density at radius 2 is 1.80 bits per heavy atom. The fourth-order valence-electron chi connectivity index (χ4n) is 2.61. The van der Waals surface area contributed by atoms with E-state index in [4.69, 9.17) is 9.47 Å². The van der Waals surface area contributed by atoms with E-state index in [1.807, 2.05) is 50.2 Å². The van der Waals surface area contributed by atoms with Crippen molar-refractivity contribution < 1.29 is 14.3 Å². The average Bonchev–Trinajstić information content (AvgIpc) is 2.66. The van der Waals surface area contributed by atoms with Gasteiger partial charge in [0.05, 0.1) is 11.3 Å². The van der Waals surface area contributed by atoms with Gasteiger partial charge < -0.3 is 14.8 Å². The molecule has 1 aliphatic rings. The number of benzene rings is 2. The molecule has 2 aromatic rings. The van der Waals surface area contributed by atoms with Crippen LogP contribution in [0.3, 0.4) is 0 Å². The van der Waals surface area contributed by atoms with E-state index in [0.717, 1.165) is 22.8 Å². The summed E-state index contributed by atoms with van der Waals surface area (Å²) in [5.41, 5.74) is 2.24. The Morgan fingerprint density at radius 1 is 1.08 bits per heavy atom. The lowest BCUT2D eigenvalue weighted by atomic mass is 10.1. The highest BCUT2D eigenvalue weighted by Crippen LogP contribution is 2.32. The number of hydrogen-bond donors (Lipinski definition) is 1. The molecule has 132 valence electrons. The summed E-state index contributed by atoms with van der Waals surface area (Å²) in [6.07, 6.45) is 0. The highest BCUT2D eigenvalue weighted by molar-refractivity contribution is 7.99. The molecule has 0 saturated heterocycles. The lowest BCUT2D eigenvalue weighted by Gasteiger charge is -2.22. The smallest absolute Gasteiger partial charge is 0.233 e. The van der Waals surface area contributed by atoms with E-state index in [0.29, 0.717) is 13.2 Å². The Balaban J connectivity index is 1.54. The molecule has 1 aliphatic heterocycles.